The van der Waals surface area contributed by atoms with Crippen LogP contribution in [0, 0.1) is 11.3 Å². The van der Waals surface area contributed by atoms with Crippen LogP contribution in [0.15, 0.2) is 5.16 Å². The molecule has 0 aliphatic rings. The number of nitrogens with zero attached hydrogens (tertiary/aromatic N) is 2. The van der Waals surface area contributed by atoms with Crippen molar-refractivity contribution in [1.29, 1.82) is 5.26 Å². The summed E-state index contributed by atoms with van der Waals surface area (Å²) >= 11 is 0. The molecule has 42 valence electrons. The molecular weight excluding hydrogens is 110 g/mol. The third-order valence-corrected chi connectivity index (χ3v) is 0.439. The molecule has 0 bridgehead atoms. The number of oxime groups is 1. The summed E-state index contributed by atoms with van der Waals surface area (Å²) in [5, 5.41) is 17.9. The van der Waals surface area contributed by atoms with E-state index in [1.807, 2.05) is 0 Å². The lowest BCUT2D eigenvalue weighted by Crippen LogP contribution is -2.21. The molecule has 0 atom stereocenters. The van der Waals surface area contributed by atoms with E-state index in [1.165, 1.54) is 6.07 Å². The van der Waals surface area contributed by atoms with E-state index in [9.17, 15) is 4.79 Å². The van der Waals surface area contributed by atoms with E-state index in [1.54, 1.807) is 0 Å². The number of primary amides is 1. The normalized spacial score (nSPS) is 10.1. The van der Waals surface area contributed by atoms with Gasteiger partial charge in [-0.1, -0.05) is 5.16 Å². The first-order valence-electron chi connectivity index (χ1n) is 1.64. The van der Waals surface area contributed by atoms with Crippen molar-refractivity contribution in [3.63, 3.8) is 0 Å². The molecule has 0 spiro atoms. The minimum atomic E-state index is -1.03. The first kappa shape index (κ1) is 6.43. The Labute approximate surface area is 45.0 Å². The smallest absolute Gasteiger partial charge is 0.281 e. The summed E-state index contributed by atoms with van der Waals surface area (Å²) < 4.78 is 0. The Morgan fingerprint density at radius 3 is 2.38 bits per heavy atom. The molecule has 3 N–H and O–H groups in total. The molecule has 0 fully saturated rings. The van der Waals surface area contributed by atoms with Crippen LogP contribution >= 0.6 is 0 Å². The molecule has 0 rings (SSSR count). The zero-order valence-electron chi connectivity index (χ0n) is 3.83. The Morgan fingerprint density at radius 2 is 2.38 bits per heavy atom. The lowest BCUT2D eigenvalue weighted by atomic mass is 10.4. The summed E-state index contributed by atoms with van der Waals surface area (Å²) in [4.78, 5) is 9.87. The van der Waals surface area contributed by atoms with Gasteiger partial charge in [0.1, 0.15) is 6.07 Å². The molecule has 0 heterocycles. The van der Waals surface area contributed by atoms with Gasteiger partial charge in [-0.15, -0.1) is 0 Å². The highest BCUT2D eigenvalue weighted by molar-refractivity contribution is 6.44. The predicted octanol–water partition coefficient (Wildman–Crippen LogP) is -1.17. The lowest BCUT2D eigenvalue weighted by Gasteiger charge is -1.79. The number of rotatable bonds is 1. The molecule has 5 nitrogen and oxygen atoms in total. The Balaban J connectivity index is 4.20. The van der Waals surface area contributed by atoms with E-state index in [0.29, 0.717) is 0 Å². The molecule has 0 radical (unpaired) electrons. The number of hydrogen-bond donors (Lipinski definition) is 2. The summed E-state index contributed by atoms with van der Waals surface area (Å²) in [6.45, 7) is 0. The lowest BCUT2D eigenvalue weighted by molar-refractivity contribution is -0.112. The highest BCUT2D eigenvalue weighted by atomic mass is 16.4. The third kappa shape index (κ3) is 1.26. The molecule has 0 aromatic carbocycles. The SMILES string of the molecule is N#C/C(=N\O)C(N)=O. The predicted molar refractivity (Wildman–Crippen MR) is 24.0 cm³/mol. The highest BCUT2D eigenvalue weighted by Crippen LogP contribution is 1.68. The maximum absolute atomic E-state index is 9.87. The summed E-state index contributed by atoms with van der Waals surface area (Å²) in [5.41, 5.74) is 3.82. The van der Waals surface area contributed by atoms with E-state index in [-0.39, 0.29) is 0 Å². The molecule has 0 unspecified atom stereocenters. The van der Waals surface area contributed by atoms with E-state index < -0.39 is 11.6 Å². The number of carbonyl (C=O) groups excluding carboxylic acids is 1. The van der Waals surface area contributed by atoms with Gasteiger partial charge in [0, 0.05) is 0 Å². The van der Waals surface area contributed by atoms with Crippen LogP contribution in [0.25, 0.3) is 0 Å². The average Bonchev–Trinajstić information content (AvgIpc) is 1.69. The molecule has 8 heavy (non-hydrogen) atoms. The summed E-state index contributed by atoms with van der Waals surface area (Å²) in [6.07, 6.45) is 0. The molecule has 0 aliphatic carbocycles. The van der Waals surface area contributed by atoms with E-state index in [2.05, 4.69) is 10.9 Å². The molecule has 0 aliphatic heterocycles. The standard InChI is InChI=1S/C3H3N3O2/c4-1-2(6-8)3(5)7/h8H,(H2,5,7)/b6-2+. The quantitative estimate of drug-likeness (QED) is 0.254. The minimum Gasteiger partial charge on any atom is -0.410 e. The maximum Gasteiger partial charge on any atom is 0.281 e. The second-order valence-corrected chi connectivity index (χ2v) is 0.925. The van der Waals surface area contributed by atoms with Crippen LogP contribution in [0.5, 0.6) is 0 Å². The van der Waals surface area contributed by atoms with Crippen molar-refractivity contribution in [2.75, 3.05) is 0 Å². The van der Waals surface area contributed by atoms with Crippen LogP contribution < -0.4 is 5.73 Å². The van der Waals surface area contributed by atoms with E-state index >= 15 is 0 Å². The zero-order valence-corrected chi connectivity index (χ0v) is 3.83. The summed E-state index contributed by atoms with van der Waals surface area (Å²) in [7, 11) is 0. The van der Waals surface area contributed by atoms with Gasteiger partial charge in [-0.2, -0.15) is 5.26 Å². The van der Waals surface area contributed by atoms with Crippen LogP contribution in [-0.2, 0) is 4.79 Å². The Bertz CT molecular complexity index is 166. The van der Waals surface area contributed by atoms with Crippen LogP contribution in [0.3, 0.4) is 0 Å². The molecule has 1 amide bonds. The Kier molecular flexibility index (Phi) is 2.07. The Hall–Kier alpha value is -1.57. The molecule has 0 aromatic rings. The number of nitrogens with two attached hydrogens (primary N) is 1. The second-order valence-electron chi connectivity index (χ2n) is 0.925. The van der Waals surface area contributed by atoms with Gasteiger partial charge in [0.15, 0.2) is 0 Å². The third-order valence-electron chi connectivity index (χ3n) is 0.439. The molecule has 0 saturated carbocycles. The fraction of sp³-hybridized carbons (Fsp3) is 0. The van der Waals surface area contributed by atoms with E-state index in [0.717, 1.165) is 0 Å². The summed E-state index contributed by atoms with van der Waals surface area (Å²) in [6, 6.07) is 1.28. The first-order chi connectivity index (χ1) is 3.72. The van der Waals surface area contributed by atoms with Gasteiger partial charge in [0.25, 0.3) is 5.91 Å². The summed E-state index contributed by atoms with van der Waals surface area (Å²) in [5.74, 6) is -1.03. The molecular formula is C3H3N3O2. The number of nitriles is 1. The van der Waals surface area contributed by atoms with Crippen molar-refractivity contribution in [1.82, 2.24) is 0 Å². The van der Waals surface area contributed by atoms with Crippen molar-refractivity contribution in [3.8, 4) is 6.07 Å². The van der Waals surface area contributed by atoms with Crippen LogP contribution in [0.4, 0.5) is 0 Å². The first-order valence-corrected chi connectivity index (χ1v) is 1.64. The maximum atomic E-state index is 9.87. The fourth-order valence-electron chi connectivity index (χ4n) is 0.127. The zero-order chi connectivity index (χ0) is 6.57. The van der Waals surface area contributed by atoms with Gasteiger partial charge in [-0.05, 0) is 0 Å². The van der Waals surface area contributed by atoms with Gasteiger partial charge in [-0.3, -0.25) is 4.79 Å². The van der Waals surface area contributed by atoms with E-state index in [4.69, 9.17) is 10.5 Å². The van der Waals surface area contributed by atoms with Crippen molar-refractivity contribution < 1.29 is 10.0 Å². The molecule has 0 aromatic heterocycles. The Morgan fingerprint density at radius 1 is 1.88 bits per heavy atom. The largest absolute Gasteiger partial charge is 0.410 e. The number of amides is 1. The van der Waals surface area contributed by atoms with Crippen molar-refractivity contribution in [3.05, 3.63) is 0 Å². The van der Waals surface area contributed by atoms with Gasteiger partial charge in [0.2, 0.25) is 5.71 Å². The van der Waals surface area contributed by atoms with Crippen molar-refractivity contribution >= 4 is 11.6 Å². The van der Waals surface area contributed by atoms with Crippen LogP contribution in [-0.4, -0.2) is 16.8 Å². The minimum absolute atomic E-state index is 0.690. The van der Waals surface area contributed by atoms with Gasteiger partial charge < -0.3 is 10.9 Å². The topological polar surface area (TPSA) is 99.5 Å². The molecule has 5 heteroatoms. The number of hydrogen-bond acceptors (Lipinski definition) is 4. The van der Waals surface area contributed by atoms with Gasteiger partial charge >= 0.3 is 0 Å². The van der Waals surface area contributed by atoms with Crippen LogP contribution in [0.2, 0.25) is 0 Å². The number of carbonyl (C=O) groups is 1. The monoisotopic (exact) mass is 113 g/mol. The average molecular weight is 113 g/mol. The van der Waals surface area contributed by atoms with Crippen molar-refractivity contribution in [2.45, 2.75) is 0 Å². The van der Waals surface area contributed by atoms with Gasteiger partial charge in [0.05, 0.1) is 0 Å². The fourth-order valence-corrected chi connectivity index (χ4v) is 0.127. The van der Waals surface area contributed by atoms with Crippen molar-refractivity contribution in [2.24, 2.45) is 10.9 Å². The van der Waals surface area contributed by atoms with Crippen LogP contribution in [0.1, 0.15) is 0 Å². The molecule has 0 saturated heterocycles. The highest BCUT2D eigenvalue weighted by Gasteiger charge is 2.02. The second kappa shape index (κ2) is 2.58. The van der Waals surface area contributed by atoms with Gasteiger partial charge in [-0.25, -0.2) is 0 Å².